The van der Waals surface area contributed by atoms with Gasteiger partial charge in [-0.25, -0.2) is 8.42 Å². The summed E-state index contributed by atoms with van der Waals surface area (Å²) in [6.45, 7) is 0. The first kappa shape index (κ1) is 12.7. The van der Waals surface area contributed by atoms with Crippen LogP contribution in [-0.4, -0.2) is 26.0 Å². The Morgan fingerprint density at radius 1 is 1.44 bits per heavy atom. The third kappa shape index (κ3) is 2.93. The highest BCUT2D eigenvalue weighted by Gasteiger charge is 2.24. The first-order valence-corrected chi connectivity index (χ1v) is 7.59. The molecule has 0 saturated carbocycles. The molecule has 3 N–H and O–H groups in total. The second kappa shape index (κ2) is 4.86. The van der Waals surface area contributed by atoms with Crippen molar-refractivity contribution in [1.29, 1.82) is 5.26 Å². The van der Waals surface area contributed by atoms with Gasteiger partial charge in [-0.05, 0) is 31.0 Å². The molecular formula is C12H15N3O2S. The van der Waals surface area contributed by atoms with Crippen molar-refractivity contribution in [2.75, 3.05) is 22.6 Å². The average Bonchev–Trinajstić information content (AvgIpc) is 2.28. The number of hydrogen-bond donors (Lipinski definition) is 2. The maximum Gasteiger partial charge on any atom is 0.152 e. The van der Waals surface area contributed by atoms with E-state index in [2.05, 4.69) is 5.32 Å². The molecule has 6 heteroatoms. The Bertz CT molecular complexity index is 590. The summed E-state index contributed by atoms with van der Waals surface area (Å²) >= 11 is 0. The van der Waals surface area contributed by atoms with Crippen LogP contribution < -0.4 is 11.1 Å². The maximum absolute atomic E-state index is 11.5. The molecule has 0 radical (unpaired) electrons. The molecule has 1 aliphatic rings. The molecule has 96 valence electrons. The fourth-order valence-corrected chi connectivity index (χ4v) is 3.76. The van der Waals surface area contributed by atoms with Crippen LogP contribution in [0.4, 0.5) is 11.4 Å². The van der Waals surface area contributed by atoms with Gasteiger partial charge in [0.05, 0.1) is 22.8 Å². The van der Waals surface area contributed by atoms with E-state index in [0.717, 1.165) is 12.1 Å². The predicted octanol–water partition coefficient (Wildman–Crippen LogP) is 1.13. The van der Waals surface area contributed by atoms with Crippen molar-refractivity contribution < 1.29 is 8.42 Å². The summed E-state index contributed by atoms with van der Waals surface area (Å²) in [6, 6.07) is 6.96. The molecule has 1 aromatic carbocycles. The van der Waals surface area contributed by atoms with Crippen molar-refractivity contribution in [2.45, 2.75) is 18.9 Å². The minimum Gasteiger partial charge on any atom is -0.398 e. The quantitative estimate of drug-likeness (QED) is 0.781. The molecule has 0 aliphatic carbocycles. The number of nitriles is 1. The zero-order valence-electron chi connectivity index (χ0n) is 9.89. The summed E-state index contributed by atoms with van der Waals surface area (Å²) < 4.78 is 23.0. The standard InChI is InChI=1S/C12H15N3O2S/c13-7-9-3-4-10(6-12(9)14)15-11-2-1-5-18(16,17)8-11/h3-4,6,11,15H,1-2,5,8,14H2. The lowest BCUT2D eigenvalue weighted by Gasteiger charge is -2.24. The SMILES string of the molecule is N#Cc1ccc(NC2CCCS(=O)(=O)C2)cc1N. The number of nitrogen functional groups attached to an aromatic ring is 1. The zero-order valence-corrected chi connectivity index (χ0v) is 10.7. The first-order chi connectivity index (χ1) is 8.50. The Labute approximate surface area is 107 Å². The molecule has 1 saturated heterocycles. The first-order valence-electron chi connectivity index (χ1n) is 5.77. The van der Waals surface area contributed by atoms with E-state index in [1.54, 1.807) is 18.2 Å². The van der Waals surface area contributed by atoms with Crippen molar-refractivity contribution >= 4 is 21.2 Å². The third-order valence-corrected chi connectivity index (χ3v) is 4.83. The van der Waals surface area contributed by atoms with Gasteiger partial charge in [0.15, 0.2) is 9.84 Å². The lowest BCUT2D eigenvalue weighted by molar-refractivity contribution is 0.562. The van der Waals surface area contributed by atoms with E-state index in [0.29, 0.717) is 17.7 Å². The number of benzene rings is 1. The predicted molar refractivity (Wildman–Crippen MR) is 70.9 cm³/mol. The molecular weight excluding hydrogens is 250 g/mol. The number of nitrogens with one attached hydrogen (secondary N) is 1. The highest BCUT2D eigenvalue weighted by molar-refractivity contribution is 7.91. The van der Waals surface area contributed by atoms with Gasteiger partial charge in [-0.15, -0.1) is 0 Å². The summed E-state index contributed by atoms with van der Waals surface area (Å²) in [5.74, 6) is 0.438. The Morgan fingerprint density at radius 3 is 2.83 bits per heavy atom. The van der Waals surface area contributed by atoms with E-state index in [1.165, 1.54) is 0 Å². The number of rotatable bonds is 2. The van der Waals surface area contributed by atoms with E-state index in [9.17, 15) is 8.42 Å². The van der Waals surface area contributed by atoms with Crippen LogP contribution in [0.2, 0.25) is 0 Å². The van der Waals surface area contributed by atoms with Gasteiger partial charge < -0.3 is 11.1 Å². The van der Waals surface area contributed by atoms with Crippen LogP contribution in [0.25, 0.3) is 0 Å². The van der Waals surface area contributed by atoms with E-state index >= 15 is 0 Å². The molecule has 18 heavy (non-hydrogen) atoms. The molecule has 0 bridgehead atoms. The molecule has 5 nitrogen and oxygen atoms in total. The van der Waals surface area contributed by atoms with Crippen molar-refractivity contribution in [3.8, 4) is 6.07 Å². The van der Waals surface area contributed by atoms with Crippen LogP contribution in [0.3, 0.4) is 0 Å². The van der Waals surface area contributed by atoms with Crippen molar-refractivity contribution in [3.63, 3.8) is 0 Å². The Balaban J connectivity index is 2.10. The summed E-state index contributed by atoms with van der Waals surface area (Å²) in [5, 5.41) is 11.9. The van der Waals surface area contributed by atoms with Gasteiger partial charge in [-0.3, -0.25) is 0 Å². The van der Waals surface area contributed by atoms with Gasteiger partial charge in [0.25, 0.3) is 0 Å². The fraction of sp³-hybridized carbons (Fsp3) is 0.417. The largest absolute Gasteiger partial charge is 0.398 e. The van der Waals surface area contributed by atoms with E-state index in [1.807, 2.05) is 6.07 Å². The van der Waals surface area contributed by atoms with Crippen LogP contribution >= 0.6 is 0 Å². The van der Waals surface area contributed by atoms with Gasteiger partial charge in [-0.2, -0.15) is 5.26 Å². The minimum atomic E-state index is -2.92. The molecule has 0 spiro atoms. The summed E-state index contributed by atoms with van der Waals surface area (Å²) in [6.07, 6.45) is 1.52. The van der Waals surface area contributed by atoms with Gasteiger partial charge >= 0.3 is 0 Å². The Kier molecular flexibility index (Phi) is 3.43. The van der Waals surface area contributed by atoms with E-state index in [4.69, 9.17) is 11.0 Å². The van der Waals surface area contributed by atoms with Gasteiger partial charge in [-0.1, -0.05) is 0 Å². The second-order valence-electron chi connectivity index (χ2n) is 4.51. The number of nitrogens with zero attached hydrogens (tertiary/aromatic N) is 1. The molecule has 2 rings (SSSR count). The molecule has 1 unspecified atom stereocenters. The molecule has 1 fully saturated rings. The normalized spacial score (nSPS) is 22.1. The van der Waals surface area contributed by atoms with Crippen LogP contribution in [-0.2, 0) is 9.84 Å². The number of sulfone groups is 1. The van der Waals surface area contributed by atoms with Crippen molar-refractivity contribution in [1.82, 2.24) is 0 Å². The summed E-state index contributed by atoms with van der Waals surface area (Å²) in [5.41, 5.74) is 7.30. The van der Waals surface area contributed by atoms with E-state index < -0.39 is 9.84 Å². The lowest BCUT2D eigenvalue weighted by atomic mass is 10.1. The van der Waals surface area contributed by atoms with Gasteiger partial charge in [0.1, 0.15) is 6.07 Å². The number of nitrogens with two attached hydrogens (primary N) is 1. The monoisotopic (exact) mass is 265 g/mol. The van der Waals surface area contributed by atoms with E-state index in [-0.39, 0.29) is 17.5 Å². The summed E-state index contributed by atoms with van der Waals surface area (Å²) in [4.78, 5) is 0. The topological polar surface area (TPSA) is 96.0 Å². The zero-order chi connectivity index (χ0) is 13.2. The summed E-state index contributed by atoms with van der Waals surface area (Å²) in [7, 11) is -2.92. The number of anilines is 2. The average molecular weight is 265 g/mol. The van der Waals surface area contributed by atoms with Crippen LogP contribution in [0.5, 0.6) is 0 Å². The van der Waals surface area contributed by atoms with Gasteiger partial charge in [0.2, 0.25) is 0 Å². The highest BCUT2D eigenvalue weighted by atomic mass is 32.2. The Hall–Kier alpha value is -1.74. The van der Waals surface area contributed by atoms with Crippen LogP contribution in [0.1, 0.15) is 18.4 Å². The van der Waals surface area contributed by atoms with Crippen LogP contribution in [0, 0.1) is 11.3 Å². The van der Waals surface area contributed by atoms with Crippen molar-refractivity contribution in [2.24, 2.45) is 0 Å². The molecule has 1 heterocycles. The molecule has 1 aromatic rings. The molecule has 0 aromatic heterocycles. The highest BCUT2D eigenvalue weighted by Crippen LogP contribution is 2.21. The fourth-order valence-electron chi connectivity index (χ4n) is 2.13. The Morgan fingerprint density at radius 2 is 2.22 bits per heavy atom. The van der Waals surface area contributed by atoms with Crippen molar-refractivity contribution in [3.05, 3.63) is 23.8 Å². The van der Waals surface area contributed by atoms with Crippen LogP contribution in [0.15, 0.2) is 18.2 Å². The molecule has 1 aliphatic heterocycles. The third-order valence-electron chi connectivity index (χ3n) is 3.01. The molecule has 1 atom stereocenters. The second-order valence-corrected chi connectivity index (χ2v) is 6.74. The minimum absolute atomic E-state index is 0.0731. The maximum atomic E-state index is 11.5. The number of hydrogen-bond acceptors (Lipinski definition) is 5. The van der Waals surface area contributed by atoms with Gasteiger partial charge in [0, 0.05) is 11.7 Å². The molecule has 0 amide bonds. The lowest BCUT2D eigenvalue weighted by Crippen LogP contribution is -2.34. The smallest absolute Gasteiger partial charge is 0.152 e.